The summed E-state index contributed by atoms with van der Waals surface area (Å²) < 4.78 is 5.30. The van der Waals surface area contributed by atoms with Gasteiger partial charge in [0.05, 0.1) is 18.2 Å². The van der Waals surface area contributed by atoms with Crippen LogP contribution in [0.5, 0.6) is 5.75 Å². The summed E-state index contributed by atoms with van der Waals surface area (Å²) in [6, 6.07) is 6.21. The molecule has 0 radical (unpaired) electrons. The quantitative estimate of drug-likeness (QED) is 0.923. The van der Waals surface area contributed by atoms with E-state index < -0.39 is 0 Å². The van der Waals surface area contributed by atoms with Crippen molar-refractivity contribution >= 4 is 16.8 Å². The first-order chi connectivity index (χ1) is 11.2. The van der Waals surface area contributed by atoms with Crippen LogP contribution in [0.2, 0.25) is 0 Å². The number of carbonyl (C=O) groups is 1. The molecule has 2 aromatic rings. The van der Waals surface area contributed by atoms with Gasteiger partial charge in [0.2, 0.25) is 5.91 Å². The van der Waals surface area contributed by atoms with E-state index in [0.717, 1.165) is 41.7 Å². The maximum Gasteiger partial charge on any atom is 0.249 e. The van der Waals surface area contributed by atoms with E-state index in [-0.39, 0.29) is 5.91 Å². The standard InChI is InChI=1S/C18H21N3O2/c1-23-12-5-6-15-13(9-12)17(18(19)22)14-10-21-7-3-2-4-11(21)8-16(14)20-15/h5-6,9,11H,2-4,7-8,10H2,1H3,(H2,19,22). The second-order valence-corrected chi connectivity index (χ2v) is 6.48. The lowest BCUT2D eigenvalue weighted by atomic mass is 9.88. The van der Waals surface area contributed by atoms with Gasteiger partial charge < -0.3 is 10.5 Å². The molecular weight excluding hydrogens is 290 g/mol. The van der Waals surface area contributed by atoms with Gasteiger partial charge in [-0.15, -0.1) is 0 Å². The molecule has 1 amide bonds. The molecule has 2 aliphatic rings. The molecule has 1 aromatic heterocycles. The molecule has 1 aromatic carbocycles. The van der Waals surface area contributed by atoms with Crippen LogP contribution in [-0.2, 0) is 13.0 Å². The van der Waals surface area contributed by atoms with Crippen LogP contribution < -0.4 is 10.5 Å². The van der Waals surface area contributed by atoms with Crippen molar-refractivity contribution in [3.63, 3.8) is 0 Å². The van der Waals surface area contributed by atoms with Crippen molar-refractivity contribution in [2.24, 2.45) is 5.73 Å². The monoisotopic (exact) mass is 311 g/mol. The van der Waals surface area contributed by atoms with Gasteiger partial charge in [0.15, 0.2) is 0 Å². The minimum Gasteiger partial charge on any atom is -0.497 e. The van der Waals surface area contributed by atoms with Crippen LogP contribution >= 0.6 is 0 Å². The highest BCUT2D eigenvalue weighted by atomic mass is 16.5. The van der Waals surface area contributed by atoms with Crippen molar-refractivity contribution in [1.29, 1.82) is 0 Å². The van der Waals surface area contributed by atoms with E-state index in [9.17, 15) is 4.79 Å². The molecule has 0 bridgehead atoms. The molecule has 23 heavy (non-hydrogen) atoms. The summed E-state index contributed by atoms with van der Waals surface area (Å²) in [5.74, 6) is 0.339. The summed E-state index contributed by atoms with van der Waals surface area (Å²) >= 11 is 0. The molecule has 1 saturated heterocycles. The Morgan fingerprint density at radius 3 is 3.04 bits per heavy atom. The minimum atomic E-state index is -0.377. The molecule has 1 atom stereocenters. The summed E-state index contributed by atoms with van der Waals surface area (Å²) in [5, 5.41) is 0.797. The fourth-order valence-corrected chi connectivity index (χ4v) is 4.01. The van der Waals surface area contributed by atoms with Crippen molar-refractivity contribution in [2.75, 3.05) is 13.7 Å². The summed E-state index contributed by atoms with van der Waals surface area (Å²) in [7, 11) is 1.62. The maximum atomic E-state index is 12.2. The Morgan fingerprint density at radius 2 is 2.26 bits per heavy atom. The van der Waals surface area contributed by atoms with E-state index in [2.05, 4.69) is 4.90 Å². The van der Waals surface area contributed by atoms with Gasteiger partial charge in [-0.3, -0.25) is 14.7 Å². The summed E-state index contributed by atoms with van der Waals surface area (Å²) in [6.45, 7) is 1.87. The van der Waals surface area contributed by atoms with Crippen molar-refractivity contribution in [3.05, 3.63) is 35.0 Å². The number of hydrogen-bond donors (Lipinski definition) is 1. The van der Waals surface area contributed by atoms with Crippen LogP contribution in [-0.4, -0.2) is 35.5 Å². The fraction of sp³-hybridized carbons (Fsp3) is 0.444. The van der Waals surface area contributed by atoms with Crippen molar-refractivity contribution in [3.8, 4) is 5.75 Å². The number of amides is 1. The number of benzene rings is 1. The average Bonchev–Trinajstić information content (AvgIpc) is 2.57. The Bertz CT molecular complexity index is 787. The molecule has 120 valence electrons. The van der Waals surface area contributed by atoms with Crippen LogP contribution in [0.15, 0.2) is 18.2 Å². The smallest absolute Gasteiger partial charge is 0.249 e. The molecule has 0 spiro atoms. The zero-order valence-corrected chi connectivity index (χ0v) is 13.3. The third-order valence-corrected chi connectivity index (χ3v) is 5.16. The highest BCUT2D eigenvalue weighted by Gasteiger charge is 2.32. The van der Waals surface area contributed by atoms with Crippen LogP contribution in [0.4, 0.5) is 0 Å². The van der Waals surface area contributed by atoms with Crippen molar-refractivity contribution in [1.82, 2.24) is 9.88 Å². The van der Waals surface area contributed by atoms with Gasteiger partial charge in [0.25, 0.3) is 0 Å². The second-order valence-electron chi connectivity index (χ2n) is 6.48. The molecule has 0 aliphatic carbocycles. The van der Waals surface area contributed by atoms with E-state index in [1.54, 1.807) is 7.11 Å². The summed E-state index contributed by atoms with van der Waals surface area (Å²) in [6.07, 6.45) is 4.64. The van der Waals surface area contributed by atoms with Crippen molar-refractivity contribution in [2.45, 2.75) is 38.3 Å². The van der Waals surface area contributed by atoms with Gasteiger partial charge >= 0.3 is 0 Å². The first-order valence-electron chi connectivity index (χ1n) is 8.20. The third kappa shape index (κ3) is 2.36. The van der Waals surface area contributed by atoms with Gasteiger partial charge in [0.1, 0.15) is 5.75 Å². The van der Waals surface area contributed by atoms with Crippen LogP contribution in [0.3, 0.4) is 0 Å². The summed E-state index contributed by atoms with van der Waals surface area (Å²) in [4.78, 5) is 19.5. The zero-order chi connectivity index (χ0) is 16.0. The first kappa shape index (κ1) is 14.5. The molecule has 5 nitrogen and oxygen atoms in total. The molecule has 2 aliphatic heterocycles. The Morgan fingerprint density at radius 1 is 1.39 bits per heavy atom. The maximum absolute atomic E-state index is 12.2. The number of ether oxygens (including phenoxy) is 1. The zero-order valence-electron chi connectivity index (χ0n) is 13.3. The van der Waals surface area contributed by atoms with Gasteiger partial charge in [0, 0.05) is 35.7 Å². The minimum absolute atomic E-state index is 0.377. The summed E-state index contributed by atoms with van der Waals surface area (Å²) in [5.41, 5.74) is 9.23. The number of aromatic nitrogens is 1. The largest absolute Gasteiger partial charge is 0.497 e. The number of rotatable bonds is 2. The van der Waals surface area contributed by atoms with Gasteiger partial charge in [-0.2, -0.15) is 0 Å². The number of nitrogens with two attached hydrogens (primary N) is 1. The SMILES string of the molecule is COc1ccc2nc3c(c(C(N)=O)c2c1)CN1CCCCC1C3. The highest BCUT2D eigenvalue weighted by molar-refractivity contribution is 6.07. The lowest BCUT2D eigenvalue weighted by Gasteiger charge is -2.40. The molecule has 3 heterocycles. The van der Waals surface area contributed by atoms with E-state index >= 15 is 0 Å². The number of primary amides is 1. The van der Waals surface area contributed by atoms with E-state index in [4.69, 9.17) is 15.5 Å². The number of piperidine rings is 1. The molecular formula is C18H21N3O2. The van der Waals surface area contributed by atoms with E-state index in [1.807, 2.05) is 18.2 Å². The number of methoxy groups -OCH3 is 1. The topological polar surface area (TPSA) is 68.5 Å². The van der Waals surface area contributed by atoms with E-state index in [0.29, 0.717) is 17.4 Å². The molecule has 1 fully saturated rings. The number of pyridine rings is 1. The number of carbonyl (C=O) groups excluding carboxylic acids is 1. The normalized spacial score (nSPS) is 20.8. The first-order valence-corrected chi connectivity index (χ1v) is 8.20. The van der Waals surface area contributed by atoms with Crippen molar-refractivity contribution < 1.29 is 9.53 Å². The Hall–Kier alpha value is -2.14. The van der Waals surface area contributed by atoms with E-state index in [1.165, 1.54) is 19.3 Å². The van der Waals surface area contributed by atoms with Gasteiger partial charge in [-0.1, -0.05) is 6.42 Å². The Labute approximate surface area is 135 Å². The predicted molar refractivity (Wildman–Crippen MR) is 88.6 cm³/mol. The number of hydrogen-bond acceptors (Lipinski definition) is 4. The molecule has 4 rings (SSSR count). The molecule has 2 N–H and O–H groups in total. The van der Waals surface area contributed by atoms with Gasteiger partial charge in [-0.25, -0.2) is 0 Å². The van der Waals surface area contributed by atoms with Gasteiger partial charge in [-0.05, 0) is 37.6 Å². The number of nitrogens with zero attached hydrogens (tertiary/aromatic N) is 2. The Kier molecular flexibility index (Phi) is 3.45. The lowest BCUT2D eigenvalue weighted by Crippen LogP contribution is -2.44. The third-order valence-electron chi connectivity index (χ3n) is 5.16. The van der Waals surface area contributed by atoms with Crippen LogP contribution in [0.1, 0.15) is 40.9 Å². The lowest BCUT2D eigenvalue weighted by molar-refractivity contribution is 0.0990. The predicted octanol–water partition coefficient (Wildman–Crippen LogP) is 2.25. The Balaban J connectivity index is 1.92. The number of fused-ring (bicyclic) bond motifs is 3. The fourth-order valence-electron chi connectivity index (χ4n) is 4.01. The molecule has 0 saturated carbocycles. The highest BCUT2D eigenvalue weighted by Crippen LogP contribution is 2.34. The molecule has 5 heteroatoms. The average molecular weight is 311 g/mol. The van der Waals surface area contributed by atoms with Crippen LogP contribution in [0, 0.1) is 0 Å². The molecule has 1 unspecified atom stereocenters. The van der Waals surface area contributed by atoms with Crippen LogP contribution in [0.25, 0.3) is 10.9 Å². The second kappa shape index (κ2) is 5.49.